The van der Waals surface area contributed by atoms with Gasteiger partial charge in [0.05, 0.1) is 0 Å². The number of likely N-dealkylation sites (tertiary alicyclic amines) is 1. The Morgan fingerprint density at radius 2 is 1.84 bits per heavy atom. The zero-order chi connectivity index (χ0) is 22.2. The van der Waals surface area contributed by atoms with Gasteiger partial charge < -0.3 is 16.0 Å². The number of hydrogen-bond donors (Lipinski definition) is 2. The van der Waals surface area contributed by atoms with E-state index in [0.29, 0.717) is 32.6 Å². The maximum Gasteiger partial charge on any atom is 0.242 e. The fraction of sp³-hybridized carbons (Fsp3) is 0.417. The summed E-state index contributed by atoms with van der Waals surface area (Å²) >= 11 is 0. The zero-order valence-electron chi connectivity index (χ0n) is 18.0. The molecule has 166 valence electrons. The van der Waals surface area contributed by atoms with Crippen LogP contribution in [0.5, 0.6) is 0 Å². The molecule has 3 N–H and O–H groups in total. The molecule has 0 bridgehead atoms. The monoisotopic (exact) mass is 426 g/mol. The van der Waals surface area contributed by atoms with E-state index < -0.39 is 6.04 Å². The van der Waals surface area contributed by atoms with Gasteiger partial charge in [0.25, 0.3) is 0 Å². The number of carbonyl (C=O) groups excluding carboxylic acids is 2. The Labute approximate surface area is 183 Å². The number of hydrogen-bond acceptors (Lipinski definition) is 4. The molecule has 1 saturated heterocycles. The zero-order valence-corrected chi connectivity index (χ0v) is 18.0. The molecule has 1 heterocycles. The van der Waals surface area contributed by atoms with E-state index in [1.807, 2.05) is 18.2 Å². The first-order valence-corrected chi connectivity index (χ1v) is 10.8. The van der Waals surface area contributed by atoms with Gasteiger partial charge in [-0.1, -0.05) is 42.5 Å². The number of nitrogens with zero attached hydrogens (tertiary/aromatic N) is 2. The number of nitrogens with one attached hydrogen (secondary N) is 1. The molecule has 2 amide bonds. The van der Waals surface area contributed by atoms with Gasteiger partial charge in [-0.2, -0.15) is 0 Å². The van der Waals surface area contributed by atoms with E-state index in [1.54, 1.807) is 17.0 Å². The lowest BCUT2D eigenvalue weighted by Crippen LogP contribution is -2.46. The van der Waals surface area contributed by atoms with Crippen molar-refractivity contribution in [2.45, 2.75) is 38.4 Å². The predicted octanol–water partition coefficient (Wildman–Crippen LogP) is 1.93. The Balaban J connectivity index is 1.76. The van der Waals surface area contributed by atoms with Gasteiger partial charge in [-0.05, 0) is 36.1 Å². The molecule has 2 aromatic rings. The second kappa shape index (κ2) is 11.0. The minimum Gasteiger partial charge on any atom is -0.353 e. The molecule has 2 aromatic carbocycles. The van der Waals surface area contributed by atoms with Gasteiger partial charge >= 0.3 is 0 Å². The molecule has 0 spiro atoms. The van der Waals surface area contributed by atoms with Crippen molar-refractivity contribution in [1.82, 2.24) is 15.1 Å². The van der Waals surface area contributed by atoms with Crippen molar-refractivity contribution in [3.8, 4) is 0 Å². The molecule has 1 aliphatic rings. The quantitative estimate of drug-likeness (QED) is 0.642. The fourth-order valence-electron chi connectivity index (χ4n) is 4.12. The summed E-state index contributed by atoms with van der Waals surface area (Å²) in [6, 6.07) is 16.2. The van der Waals surface area contributed by atoms with E-state index in [-0.39, 0.29) is 23.7 Å². The van der Waals surface area contributed by atoms with Crippen LogP contribution in [0.2, 0.25) is 0 Å². The number of nitrogens with two attached hydrogens (primary N) is 1. The van der Waals surface area contributed by atoms with E-state index in [1.165, 1.54) is 24.6 Å². The molecule has 7 heteroatoms. The van der Waals surface area contributed by atoms with Crippen LogP contribution in [0.25, 0.3) is 0 Å². The van der Waals surface area contributed by atoms with Crippen molar-refractivity contribution in [3.05, 3.63) is 71.5 Å². The molecular weight excluding hydrogens is 395 g/mol. The highest BCUT2D eigenvalue weighted by Gasteiger charge is 2.40. The molecule has 6 nitrogen and oxygen atoms in total. The Hall–Kier alpha value is -2.77. The van der Waals surface area contributed by atoms with Crippen LogP contribution in [0.3, 0.4) is 0 Å². The lowest BCUT2D eigenvalue weighted by molar-refractivity contribution is -0.136. The first kappa shape index (κ1) is 22.9. The first-order chi connectivity index (χ1) is 15.0. The summed E-state index contributed by atoms with van der Waals surface area (Å²) in [5.74, 6) is -0.534. The van der Waals surface area contributed by atoms with Crippen molar-refractivity contribution in [3.63, 3.8) is 0 Å². The van der Waals surface area contributed by atoms with Gasteiger partial charge in [0.1, 0.15) is 11.9 Å². The highest BCUT2D eigenvalue weighted by atomic mass is 19.1. The first-order valence-electron chi connectivity index (χ1n) is 10.8. The molecule has 0 aromatic heterocycles. The Kier molecular flexibility index (Phi) is 8.14. The van der Waals surface area contributed by atoms with Crippen LogP contribution >= 0.6 is 0 Å². The normalized spacial score (nSPS) is 18.4. The molecule has 1 fully saturated rings. The largest absolute Gasteiger partial charge is 0.353 e. The van der Waals surface area contributed by atoms with Crippen LogP contribution in [0.15, 0.2) is 54.6 Å². The Bertz CT molecular complexity index is 860. The predicted molar refractivity (Wildman–Crippen MR) is 119 cm³/mol. The van der Waals surface area contributed by atoms with E-state index in [2.05, 4.69) is 22.3 Å². The number of carbonyl (C=O) groups is 2. The summed E-state index contributed by atoms with van der Waals surface area (Å²) in [7, 11) is 0. The van der Waals surface area contributed by atoms with E-state index in [4.69, 9.17) is 5.73 Å². The summed E-state index contributed by atoms with van der Waals surface area (Å²) in [4.78, 5) is 28.8. The standard InChI is InChI=1S/C24H31FN4O2/c1-18(30)29-17-22(15-23(29)24(31)27-13-12-26)28(14-11-19-5-3-2-4-6-19)16-20-7-9-21(25)10-8-20/h2-10,22-23H,11-17,26H2,1H3,(H,27,31). The second-order valence-electron chi connectivity index (χ2n) is 7.99. The molecule has 2 atom stereocenters. The molecule has 0 saturated carbocycles. The van der Waals surface area contributed by atoms with E-state index >= 15 is 0 Å². The Morgan fingerprint density at radius 3 is 2.48 bits per heavy atom. The lowest BCUT2D eigenvalue weighted by Gasteiger charge is -2.29. The SMILES string of the molecule is CC(=O)N1CC(N(CCc2ccccc2)Cc2ccc(F)cc2)CC1C(=O)NCCN. The average molecular weight is 427 g/mol. The highest BCUT2D eigenvalue weighted by Crippen LogP contribution is 2.25. The molecule has 31 heavy (non-hydrogen) atoms. The molecule has 1 aliphatic heterocycles. The van der Waals surface area contributed by atoms with Crippen molar-refractivity contribution in [2.75, 3.05) is 26.2 Å². The molecular formula is C24H31FN4O2. The van der Waals surface area contributed by atoms with Crippen LogP contribution in [0, 0.1) is 5.82 Å². The average Bonchev–Trinajstić information content (AvgIpc) is 3.23. The smallest absolute Gasteiger partial charge is 0.242 e. The maximum atomic E-state index is 13.4. The molecule has 2 unspecified atom stereocenters. The molecule has 3 rings (SSSR count). The van der Waals surface area contributed by atoms with Crippen LogP contribution in [0.4, 0.5) is 4.39 Å². The summed E-state index contributed by atoms with van der Waals surface area (Å²) in [5.41, 5.74) is 7.73. The fourth-order valence-corrected chi connectivity index (χ4v) is 4.12. The number of benzene rings is 2. The van der Waals surface area contributed by atoms with Crippen molar-refractivity contribution in [1.29, 1.82) is 0 Å². The van der Waals surface area contributed by atoms with Crippen LogP contribution in [-0.2, 0) is 22.6 Å². The van der Waals surface area contributed by atoms with Gasteiger partial charge in [0.2, 0.25) is 11.8 Å². The van der Waals surface area contributed by atoms with Gasteiger partial charge in [0, 0.05) is 45.7 Å². The van der Waals surface area contributed by atoms with Gasteiger partial charge in [0.15, 0.2) is 0 Å². The van der Waals surface area contributed by atoms with Crippen LogP contribution in [-0.4, -0.2) is 59.9 Å². The van der Waals surface area contributed by atoms with E-state index in [9.17, 15) is 14.0 Å². The van der Waals surface area contributed by atoms with Gasteiger partial charge in [-0.15, -0.1) is 0 Å². The van der Waals surface area contributed by atoms with E-state index in [0.717, 1.165) is 18.5 Å². The third-order valence-electron chi connectivity index (χ3n) is 5.78. The number of amides is 2. The van der Waals surface area contributed by atoms with Crippen molar-refractivity contribution < 1.29 is 14.0 Å². The Morgan fingerprint density at radius 1 is 1.13 bits per heavy atom. The maximum absolute atomic E-state index is 13.4. The minimum absolute atomic E-state index is 0.0336. The van der Waals surface area contributed by atoms with Gasteiger partial charge in [-0.25, -0.2) is 4.39 Å². The molecule has 0 aliphatic carbocycles. The summed E-state index contributed by atoms with van der Waals surface area (Å²) in [6.07, 6.45) is 1.41. The van der Waals surface area contributed by atoms with Gasteiger partial charge in [-0.3, -0.25) is 14.5 Å². The number of rotatable bonds is 9. The number of halogens is 1. The summed E-state index contributed by atoms with van der Waals surface area (Å²) in [5, 5.41) is 2.81. The highest BCUT2D eigenvalue weighted by molar-refractivity contribution is 5.87. The van der Waals surface area contributed by atoms with Crippen molar-refractivity contribution >= 4 is 11.8 Å². The van der Waals surface area contributed by atoms with Crippen LogP contribution < -0.4 is 11.1 Å². The van der Waals surface area contributed by atoms with Crippen molar-refractivity contribution in [2.24, 2.45) is 5.73 Å². The summed E-state index contributed by atoms with van der Waals surface area (Å²) in [6.45, 7) is 4.14. The third kappa shape index (κ3) is 6.35. The third-order valence-corrected chi connectivity index (χ3v) is 5.78. The summed E-state index contributed by atoms with van der Waals surface area (Å²) < 4.78 is 13.4. The minimum atomic E-state index is -0.499. The lowest BCUT2D eigenvalue weighted by atomic mass is 10.1. The van der Waals surface area contributed by atoms with Crippen LogP contribution in [0.1, 0.15) is 24.5 Å². The topological polar surface area (TPSA) is 78.7 Å². The molecule has 0 radical (unpaired) electrons. The second-order valence-corrected chi connectivity index (χ2v) is 7.99.